The lowest BCUT2D eigenvalue weighted by Crippen LogP contribution is -2.21. The van der Waals surface area contributed by atoms with Gasteiger partial charge in [0, 0.05) is 37.8 Å². The Labute approximate surface area is 99.6 Å². The van der Waals surface area contributed by atoms with Gasteiger partial charge in [-0.05, 0) is 25.8 Å². The third-order valence-electron chi connectivity index (χ3n) is 2.89. The minimum Gasteiger partial charge on any atom is -0.396 e. The van der Waals surface area contributed by atoms with Crippen LogP contribution in [0, 0.1) is 5.92 Å². The number of hydrogen-bond acceptors (Lipinski definition) is 6. The fourth-order valence-corrected chi connectivity index (χ4v) is 2.66. The summed E-state index contributed by atoms with van der Waals surface area (Å²) in [6, 6.07) is 0. The Balaban J connectivity index is 1.91. The molecular weight excluding hydrogens is 224 g/mol. The Morgan fingerprint density at radius 2 is 2.50 bits per heavy atom. The Morgan fingerprint density at radius 1 is 1.62 bits per heavy atom. The van der Waals surface area contributed by atoms with E-state index in [1.165, 1.54) is 11.5 Å². The molecule has 6 heteroatoms. The van der Waals surface area contributed by atoms with Crippen LogP contribution in [0.15, 0.2) is 0 Å². The summed E-state index contributed by atoms with van der Waals surface area (Å²) >= 11 is 1.42. The lowest BCUT2D eigenvalue weighted by molar-refractivity contribution is 0.219. The number of nitrogens with one attached hydrogen (secondary N) is 1. The van der Waals surface area contributed by atoms with Crippen molar-refractivity contribution < 1.29 is 5.11 Å². The van der Waals surface area contributed by atoms with Gasteiger partial charge in [0.15, 0.2) is 0 Å². The van der Waals surface area contributed by atoms with Crippen molar-refractivity contribution in [2.45, 2.75) is 19.9 Å². The summed E-state index contributed by atoms with van der Waals surface area (Å²) in [5.74, 6) is 0.439. The highest BCUT2D eigenvalue weighted by Gasteiger charge is 2.23. The molecule has 0 aliphatic carbocycles. The molecular formula is C10H18N4OS. The van der Waals surface area contributed by atoms with Crippen molar-refractivity contribution in [3.63, 3.8) is 0 Å². The number of nitrogens with zero attached hydrogens (tertiary/aromatic N) is 3. The molecule has 0 bridgehead atoms. The van der Waals surface area contributed by atoms with Crippen LogP contribution in [-0.4, -0.2) is 45.8 Å². The van der Waals surface area contributed by atoms with E-state index in [-0.39, 0.29) is 0 Å². The number of rotatable bonds is 5. The normalized spacial score (nSPS) is 21.5. The van der Waals surface area contributed by atoms with Gasteiger partial charge in [-0.3, -0.25) is 4.90 Å². The maximum atomic E-state index is 9.08. The van der Waals surface area contributed by atoms with Gasteiger partial charge in [-0.25, -0.2) is 0 Å². The summed E-state index contributed by atoms with van der Waals surface area (Å²) in [4.78, 5) is 2.33. The van der Waals surface area contributed by atoms with Gasteiger partial charge in [0.25, 0.3) is 0 Å². The molecule has 0 spiro atoms. The molecule has 90 valence electrons. The van der Waals surface area contributed by atoms with E-state index in [0.717, 1.165) is 43.3 Å². The van der Waals surface area contributed by atoms with Gasteiger partial charge in [-0.15, -0.1) is 5.10 Å². The molecule has 1 aromatic rings. The molecule has 0 radical (unpaired) electrons. The molecule has 5 nitrogen and oxygen atoms in total. The van der Waals surface area contributed by atoms with Gasteiger partial charge in [-0.1, -0.05) is 4.49 Å². The Hall–Kier alpha value is -0.720. The van der Waals surface area contributed by atoms with Crippen molar-refractivity contribution >= 4 is 16.5 Å². The average molecular weight is 242 g/mol. The standard InChI is InChI=1S/C10H18N4OS/c1-2-11-10-9(12-13-16-10)6-14-4-3-8(5-14)7-15/h8,11,15H,2-7H2,1H3. The number of anilines is 1. The molecule has 2 heterocycles. The molecule has 0 amide bonds. The van der Waals surface area contributed by atoms with Crippen molar-refractivity contribution in [1.29, 1.82) is 0 Å². The highest BCUT2D eigenvalue weighted by molar-refractivity contribution is 7.10. The average Bonchev–Trinajstić information content (AvgIpc) is 2.90. The van der Waals surface area contributed by atoms with Gasteiger partial charge in [0.2, 0.25) is 0 Å². The van der Waals surface area contributed by atoms with E-state index in [9.17, 15) is 0 Å². The van der Waals surface area contributed by atoms with Crippen LogP contribution in [0.1, 0.15) is 19.0 Å². The van der Waals surface area contributed by atoms with E-state index in [1.807, 2.05) is 0 Å². The highest BCUT2D eigenvalue weighted by atomic mass is 32.1. The number of hydrogen-bond donors (Lipinski definition) is 2. The third-order valence-corrected chi connectivity index (χ3v) is 3.62. The summed E-state index contributed by atoms with van der Waals surface area (Å²) in [6.45, 7) is 6.13. The van der Waals surface area contributed by atoms with Gasteiger partial charge in [0.05, 0.1) is 0 Å². The summed E-state index contributed by atoms with van der Waals surface area (Å²) in [6.07, 6.45) is 1.09. The molecule has 0 saturated carbocycles. The van der Waals surface area contributed by atoms with Crippen LogP contribution in [-0.2, 0) is 6.54 Å². The molecule has 16 heavy (non-hydrogen) atoms. The molecule has 1 saturated heterocycles. The molecule has 1 aliphatic heterocycles. The molecule has 0 aromatic carbocycles. The lowest BCUT2D eigenvalue weighted by Gasteiger charge is -2.14. The zero-order valence-electron chi connectivity index (χ0n) is 9.52. The number of likely N-dealkylation sites (tertiary alicyclic amines) is 1. The molecule has 1 aliphatic rings. The smallest absolute Gasteiger partial charge is 0.134 e. The van der Waals surface area contributed by atoms with Crippen LogP contribution in [0.5, 0.6) is 0 Å². The van der Waals surface area contributed by atoms with Gasteiger partial charge in [0.1, 0.15) is 10.7 Å². The van der Waals surface area contributed by atoms with Crippen LogP contribution < -0.4 is 5.32 Å². The first kappa shape index (κ1) is 11.8. The molecule has 1 unspecified atom stereocenters. The fourth-order valence-electron chi connectivity index (χ4n) is 2.02. The van der Waals surface area contributed by atoms with Crippen LogP contribution in [0.3, 0.4) is 0 Å². The third kappa shape index (κ3) is 2.69. The summed E-state index contributed by atoms with van der Waals surface area (Å²) in [7, 11) is 0. The van der Waals surface area contributed by atoms with E-state index >= 15 is 0 Å². The second-order valence-electron chi connectivity index (χ2n) is 4.15. The number of aliphatic hydroxyl groups is 1. The van der Waals surface area contributed by atoms with Crippen LogP contribution >= 0.6 is 11.5 Å². The quantitative estimate of drug-likeness (QED) is 0.799. The van der Waals surface area contributed by atoms with Crippen LogP contribution in [0.2, 0.25) is 0 Å². The van der Waals surface area contributed by atoms with E-state index in [0.29, 0.717) is 12.5 Å². The van der Waals surface area contributed by atoms with Crippen molar-refractivity contribution in [2.24, 2.45) is 5.92 Å². The predicted molar refractivity (Wildman–Crippen MR) is 64.5 cm³/mol. The van der Waals surface area contributed by atoms with Gasteiger partial charge < -0.3 is 10.4 Å². The molecule has 1 fully saturated rings. The zero-order valence-corrected chi connectivity index (χ0v) is 10.3. The first-order chi connectivity index (χ1) is 7.83. The molecule has 2 N–H and O–H groups in total. The summed E-state index contributed by atoms with van der Waals surface area (Å²) in [5.41, 5.74) is 1.03. The maximum absolute atomic E-state index is 9.08. The van der Waals surface area contributed by atoms with Crippen molar-refractivity contribution in [2.75, 3.05) is 31.6 Å². The topological polar surface area (TPSA) is 61.3 Å². The lowest BCUT2D eigenvalue weighted by atomic mass is 10.1. The zero-order chi connectivity index (χ0) is 11.4. The molecule has 1 aromatic heterocycles. The van der Waals surface area contributed by atoms with Gasteiger partial charge >= 0.3 is 0 Å². The highest BCUT2D eigenvalue weighted by Crippen LogP contribution is 2.22. The maximum Gasteiger partial charge on any atom is 0.134 e. The second-order valence-corrected chi connectivity index (χ2v) is 4.91. The largest absolute Gasteiger partial charge is 0.396 e. The first-order valence-electron chi connectivity index (χ1n) is 5.71. The van der Waals surface area contributed by atoms with E-state index in [4.69, 9.17) is 5.11 Å². The first-order valence-corrected chi connectivity index (χ1v) is 6.49. The monoisotopic (exact) mass is 242 g/mol. The summed E-state index contributed by atoms with van der Waals surface area (Å²) < 4.78 is 3.98. The molecule has 2 rings (SSSR count). The predicted octanol–water partition coefficient (Wildman–Crippen LogP) is 0.784. The van der Waals surface area contributed by atoms with Crippen LogP contribution in [0.25, 0.3) is 0 Å². The second kappa shape index (κ2) is 5.56. The van der Waals surface area contributed by atoms with Crippen molar-refractivity contribution in [1.82, 2.24) is 14.5 Å². The van der Waals surface area contributed by atoms with E-state index in [1.54, 1.807) is 0 Å². The van der Waals surface area contributed by atoms with Gasteiger partial charge in [-0.2, -0.15) is 0 Å². The number of aromatic nitrogens is 2. The summed E-state index contributed by atoms with van der Waals surface area (Å²) in [5, 5.41) is 17.6. The Morgan fingerprint density at radius 3 is 3.19 bits per heavy atom. The van der Waals surface area contributed by atoms with Crippen molar-refractivity contribution in [3.05, 3.63) is 5.69 Å². The minimum atomic E-state index is 0.298. The van der Waals surface area contributed by atoms with Crippen molar-refractivity contribution in [3.8, 4) is 0 Å². The van der Waals surface area contributed by atoms with Crippen LogP contribution in [0.4, 0.5) is 5.00 Å². The van der Waals surface area contributed by atoms with E-state index < -0.39 is 0 Å². The number of aliphatic hydroxyl groups excluding tert-OH is 1. The molecule has 1 atom stereocenters. The Kier molecular flexibility index (Phi) is 4.09. The fraction of sp³-hybridized carbons (Fsp3) is 0.800. The SMILES string of the molecule is CCNc1snnc1CN1CCC(CO)C1. The van der Waals surface area contributed by atoms with E-state index in [2.05, 4.69) is 26.7 Å². The minimum absolute atomic E-state index is 0.298. The Bertz CT molecular complexity index is 330.